The molecule has 0 amide bonds. The highest BCUT2D eigenvalue weighted by atomic mass is 127. The zero-order chi connectivity index (χ0) is 15.7. The zero-order valence-electron chi connectivity index (χ0n) is 10.6. The van der Waals surface area contributed by atoms with Crippen LogP contribution in [0.3, 0.4) is 0 Å². The van der Waals surface area contributed by atoms with E-state index in [0.29, 0.717) is 0 Å². The number of carbonyl (C=O) groups excluding carboxylic acids is 1. The van der Waals surface area contributed by atoms with Gasteiger partial charge in [-0.05, 0) is 28.7 Å². The van der Waals surface area contributed by atoms with E-state index in [4.69, 9.17) is 17.3 Å². The highest BCUT2D eigenvalue weighted by Crippen LogP contribution is 2.36. The SMILES string of the molecule is COC(=O)c1ncc(Cl)c(N)c1-c1ccc(I)c(F)c1F. The number of hydrogen-bond donors (Lipinski definition) is 1. The summed E-state index contributed by atoms with van der Waals surface area (Å²) in [5, 5.41) is 0.0241. The van der Waals surface area contributed by atoms with Gasteiger partial charge in [-0.25, -0.2) is 18.6 Å². The molecule has 0 saturated carbocycles. The van der Waals surface area contributed by atoms with Crippen molar-refractivity contribution in [2.24, 2.45) is 0 Å². The van der Waals surface area contributed by atoms with Gasteiger partial charge in [0.2, 0.25) is 0 Å². The molecule has 0 unspecified atom stereocenters. The van der Waals surface area contributed by atoms with E-state index in [9.17, 15) is 13.6 Å². The number of hydrogen-bond acceptors (Lipinski definition) is 4. The van der Waals surface area contributed by atoms with Crippen molar-refractivity contribution in [3.05, 3.63) is 44.3 Å². The number of nitrogens with zero attached hydrogens (tertiary/aromatic N) is 1. The molecule has 0 fully saturated rings. The van der Waals surface area contributed by atoms with Gasteiger partial charge in [0.15, 0.2) is 17.3 Å². The Morgan fingerprint density at radius 3 is 2.67 bits per heavy atom. The number of ether oxygens (including phenoxy) is 1. The lowest BCUT2D eigenvalue weighted by Crippen LogP contribution is -2.10. The monoisotopic (exact) mass is 424 g/mol. The molecule has 2 N–H and O–H groups in total. The Morgan fingerprint density at radius 2 is 2.05 bits per heavy atom. The second-order valence-corrected chi connectivity index (χ2v) is 5.53. The molecule has 0 aliphatic heterocycles. The topological polar surface area (TPSA) is 65.2 Å². The first kappa shape index (κ1) is 15.9. The maximum absolute atomic E-state index is 14.1. The van der Waals surface area contributed by atoms with Gasteiger partial charge in [-0.15, -0.1) is 0 Å². The Morgan fingerprint density at radius 1 is 1.38 bits per heavy atom. The van der Waals surface area contributed by atoms with E-state index in [-0.39, 0.29) is 31.1 Å². The predicted molar refractivity (Wildman–Crippen MR) is 83.1 cm³/mol. The molecule has 1 aromatic heterocycles. The second kappa shape index (κ2) is 6.10. The first-order valence-electron chi connectivity index (χ1n) is 5.54. The van der Waals surface area contributed by atoms with E-state index in [1.807, 2.05) is 0 Å². The molecular formula is C13H8ClF2IN2O2. The van der Waals surface area contributed by atoms with Crippen LogP contribution in [0.4, 0.5) is 14.5 Å². The summed E-state index contributed by atoms with van der Waals surface area (Å²) in [6.45, 7) is 0. The fourth-order valence-electron chi connectivity index (χ4n) is 1.75. The number of rotatable bonds is 2. The van der Waals surface area contributed by atoms with E-state index < -0.39 is 17.6 Å². The van der Waals surface area contributed by atoms with Gasteiger partial charge in [0.1, 0.15) is 0 Å². The Labute approximate surface area is 137 Å². The van der Waals surface area contributed by atoms with Crippen molar-refractivity contribution < 1.29 is 18.3 Å². The van der Waals surface area contributed by atoms with Crippen molar-refractivity contribution in [3.8, 4) is 11.1 Å². The zero-order valence-corrected chi connectivity index (χ0v) is 13.5. The normalized spacial score (nSPS) is 10.5. The van der Waals surface area contributed by atoms with E-state index in [0.717, 1.165) is 13.3 Å². The predicted octanol–water partition coefficient (Wildman–Crippen LogP) is 3.65. The lowest BCUT2D eigenvalue weighted by atomic mass is 10.0. The van der Waals surface area contributed by atoms with Crippen LogP contribution in [0.5, 0.6) is 0 Å². The lowest BCUT2D eigenvalue weighted by Gasteiger charge is -2.13. The minimum Gasteiger partial charge on any atom is -0.464 e. The average Bonchev–Trinajstić information content (AvgIpc) is 2.47. The van der Waals surface area contributed by atoms with Crippen molar-refractivity contribution in [1.82, 2.24) is 4.98 Å². The van der Waals surface area contributed by atoms with Crippen LogP contribution in [0.2, 0.25) is 5.02 Å². The van der Waals surface area contributed by atoms with Gasteiger partial charge in [-0.3, -0.25) is 0 Å². The molecule has 0 radical (unpaired) electrons. The molecular weight excluding hydrogens is 417 g/mol. The van der Waals surface area contributed by atoms with Crippen LogP contribution in [-0.4, -0.2) is 18.1 Å². The molecule has 0 aliphatic rings. The van der Waals surface area contributed by atoms with Gasteiger partial charge in [0, 0.05) is 17.3 Å². The lowest BCUT2D eigenvalue weighted by molar-refractivity contribution is 0.0595. The van der Waals surface area contributed by atoms with Crippen LogP contribution in [0.15, 0.2) is 18.3 Å². The molecule has 0 aliphatic carbocycles. The molecule has 4 nitrogen and oxygen atoms in total. The molecule has 0 spiro atoms. The molecule has 21 heavy (non-hydrogen) atoms. The maximum atomic E-state index is 14.1. The first-order chi connectivity index (χ1) is 9.88. The molecule has 2 aromatic rings. The molecule has 1 heterocycles. The van der Waals surface area contributed by atoms with Crippen molar-refractivity contribution >= 4 is 45.8 Å². The maximum Gasteiger partial charge on any atom is 0.357 e. The Kier molecular flexibility index (Phi) is 4.62. The fourth-order valence-corrected chi connectivity index (χ4v) is 2.31. The number of esters is 1. The van der Waals surface area contributed by atoms with Gasteiger partial charge in [0.25, 0.3) is 0 Å². The summed E-state index contributed by atoms with van der Waals surface area (Å²) in [6, 6.07) is 2.66. The standard InChI is InChI=1S/C13H8ClF2IN2O2/c1-21-13(20)12-8(11(18)6(14)4-19-12)5-2-3-7(17)10(16)9(5)15/h2-4H,1H3,(H2,18,19). The molecule has 2 rings (SSSR count). The number of pyridine rings is 1. The number of carbonyl (C=O) groups is 1. The molecule has 110 valence electrons. The van der Waals surface area contributed by atoms with Gasteiger partial charge in [-0.2, -0.15) is 0 Å². The Hall–Kier alpha value is -1.48. The Balaban J connectivity index is 2.82. The number of benzene rings is 1. The summed E-state index contributed by atoms with van der Waals surface area (Å²) in [5.74, 6) is -3.00. The van der Waals surface area contributed by atoms with E-state index in [1.54, 1.807) is 22.6 Å². The van der Waals surface area contributed by atoms with E-state index in [2.05, 4.69) is 9.72 Å². The van der Waals surface area contributed by atoms with Crippen LogP contribution in [0, 0.1) is 15.2 Å². The highest BCUT2D eigenvalue weighted by Gasteiger charge is 2.24. The third kappa shape index (κ3) is 2.80. The molecule has 0 saturated heterocycles. The summed E-state index contributed by atoms with van der Waals surface area (Å²) in [7, 11) is 1.14. The second-order valence-electron chi connectivity index (χ2n) is 3.96. The quantitative estimate of drug-likeness (QED) is 0.454. The van der Waals surface area contributed by atoms with Crippen LogP contribution in [0.25, 0.3) is 11.1 Å². The molecule has 8 heteroatoms. The molecule has 1 aromatic carbocycles. The summed E-state index contributed by atoms with van der Waals surface area (Å²) >= 11 is 7.50. The summed E-state index contributed by atoms with van der Waals surface area (Å²) in [5.41, 5.74) is 5.18. The smallest absolute Gasteiger partial charge is 0.357 e. The minimum absolute atomic E-state index is 0.0241. The van der Waals surface area contributed by atoms with Gasteiger partial charge >= 0.3 is 5.97 Å². The van der Waals surface area contributed by atoms with Gasteiger partial charge in [-0.1, -0.05) is 17.7 Å². The molecule has 0 bridgehead atoms. The van der Waals surface area contributed by atoms with Crippen LogP contribution >= 0.6 is 34.2 Å². The van der Waals surface area contributed by atoms with Gasteiger partial charge < -0.3 is 10.5 Å². The number of nitrogens with two attached hydrogens (primary N) is 1. The third-order valence-electron chi connectivity index (χ3n) is 2.75. The average molecular weight is 425 g/mol. The Bertz CT molecular complexity index is 741. The number of aromatic nitrogens is 1. The summed E-state index contributed by atoms with van der Waals surface area (Å²) in [4.78, 5) is 15.5. The number of halogens is 4. The van der Waals surface area contributed by atoms with Gasteiger partial charge in [0.05, 0.1) is 21.4 Å². The van der Waals surface area contributed by atoms with Crippen LogP contribution in [0.1, 0.15) is 10.5 Å². The van der Waals surface area contributed by atoms with Crippen LogP contribution in [-0.2, 0) is 4.74 Å². The number of nitrogen functional groups attached to an aromatic ring is 1. The fraction of sp³-hybridized carbons (Fsp3) is 0.0769. The van der Waals surface area contributed by atoms with E-state index >= 15 is 0 Å². The van der Waals surface area contributed by atoms with Crippen molar-refractivity contribution in [1.29, 1.82) is 0 Å². The minimum atomic E-state index is -1.14. The summed E-state index contributed by atoms with van der Waals surface area (Å²) in [6.07, 6.45) is 1.15. The van der Waals surface area contributed by atoms with Crippen molar-refractivity contribution in [2.75, 3.05) is 12.8 Å². The van der Waals surface area contributed by atoms with Crippen LogP contribution < -0.4 is 5.73 Å². The number of anilines is 1. The van der Waals surface area contributed by atoms with Crippen molar-refractivity contribution in [3.63, 3.8) is 0 Å². The molecule has 0 atom stereocenters. The highest BCUT2D eigenvalue weighted by molar-refractivity contribution is 14.1. The largest absolute Gasteiger partial charge is 0.464 e. The third-order valence-corrected chi connectivity index (χ3v) is 3.89. The van der Waals surface area contributed by atoms with Crippen molar-refractivity contribution in [2.45, 2.75) is 0 Å². The number of methoxy groups -OCH3 is 1. The summed E-state index contributed by atoms with van der Waals surface area (Å²) < 4.78 is 32.5. The first-order valence-corrected chi connectivity index (χ1v) is 7.00. The van der Waals surface area contributed by atoms with E-state index in [1.165, 1.54) is 12.1 Å².